The van der Waals surface area contributed by atoms with Gasteiger partial charge in [0, 0.05) is 11.9 Å². The van der Waals surface area contributed by atoms with Gasteiger partial charge < -0.3 is 10.1 Å². The van der Waals surface area contributed by atoms with Gasteiger partial charge in [-0.2, -0.15) is 13.2 Å². The number of anilines is 1. The summed E-state index contributed by atoms with van der Waals surface area (Å²) in [5.74, 6) is 0. The molecule has 0 amide bonds. The molecule has 2 nitrogen and oxygen atoms in total. The molecule has 1 aliphatic heterocycles. The lowest BCUT2D eigenvalue weighted by molar-refractivity contribution is -0.136. The number of hydrogen-bond donors (Lipinski definition) is 1. The Balaban J connectivity index is 2.43. The molecule has 0 aromatic carbocycles. The molecule has 0 atom stereocenters. The van der Waals surface area contributed by atoms with Gasteiger partial charge in [0.2, 0.25) is 0 Å². The molecule has 1 aromatic heterocycles. The minimum absolute atomic E-state index is 0.0868. The molecule has 0 saturated heterocycles. The summed E-state index contributed by atoms with van der Waals surface area (Å²) in [6, 6.07) is 0. The van der Waals surface area contributed by atoms with Crippen LogP contribution in [-0.4, -0.2) is 13.2 Å². The van der Waals surface area contributed by atoms with E-state index in [-0.39, 0.29) is 5.69 Å². The first-order valence-electron chi connectivity index (χ1n) is 3.64. The number of nitrogens with one attached hydrogen (secondary N) is 1. The molecule has 1 aromatic rings. The molecule has 0 radical (unpaired) electrons. The molecule has 1 aliphatic rings. The lowest BCUT2D eigenvalue weighted by Crippen LogP contribution is -2.19. The number of alkyl halides is 3. The third kappa shape index (κ3) is 1.46. The van der Waals surface area contributed by atoms with Gasteiger partial charge in [0.05, 0.1) is 5.56 Å². The van der Waals surface area contributed by atoms with Gasteiger partial charge in [0.15, 0.2) is 5.06 Å². The van der Waals surface area contributed by atoms with Crippen molar-refractivity contribution < 1.29 is 17.9 Å². The highest BCUT2D eigenvalue weighted by Gasteiger charge is 2.37. The quantitative estimate of drug-likeness (QED) is 0.709. The Labute approximate surface area is 76.3 Å². The van der Waals surface area contributed by atoms with E-state index in [4.69, 9.17) is 4.74 Å². The van der Waals surface area contributed by atoms with Gasteiger partial charge in [0.1, 0.15) is 12.3 Å². The van der Waals surface area contributed by atoms with Crippen LogP contribution < -0.4 is 10.1 Å². The van der Waals surface area contributed by atoms with Crippen molar-refractivity contribution in [1.82, 2.24) is 0 Å². The Morgan fingerprint density at radius 2 is 2.23 bits per heavy atom. The van der Waals surface area contributed by atoms with E-state index in [9.17, 15) is 13.2 Å². The van der Waals surface area contributed by atoms with E-state index in [1.807, 2.05) is 0 Å². The summed E-state index contributed by atoms with van der Waals surface area (Å²) in [6.07, 6.45) is -4.29. The summed E-state index contributed by atoms with van der Waals surface area (Å²) >= 11 is 0.974. The third-order valence-electron chi connectivity index (χ3n) is 1.70. The molecular weight excluding hydrogens is 203 g/mol. The second-order valence-corrected chi connectivity index (χ2v) is 3.43. The summed E-state index contributed by atoms with van der Waals surface area (Å²) in [7, 11) is 0. The summed E-state index contributed by atoms with van der Waals surface area (Å²) in [4.78, 5) is 0. The number of ether oxygens (including phenoxy) is 1. The van der Waals surface area contributed by atoms with Crippen LogP contribution >= 0.6 is 11.3 Å². The number of halogens is 3. The first kappa shape index (κ1) is 8.68. The molecule has 0 saturated carbocycles. The average Bonchev–Trinajstić information content (AvgIpc) is 2.45. The van der Waals surface area contributed by atoms with E-state index in [2.05, 4.69) is 5.32 Å². The fourth-order valence-corrected chi connectivity index (χ4v) is 2.07. The molecule has 13 heavy (non-hydrogen) atoms. The molecular formula is C7H6F3NOS. The van der Waals surface area contributed by atoms with Gasteiger partial charge in [-0.05, 0) is 0 Å². The van der Waals surface area contributed by atoms with Crippen molar-refractivity contribution in [3.8, 4) is 5.06 Å². The van der Waals surface area contributed by atoms with Crippen molar-refractivity contribution in [2.75, 3.05) is 18.5 Å². The normalized spacial score (nSPS) is 15.9. The van der Waals surface area contributed by atoms with Crippen molar-refractivity contribution in [2.24, 2.45) is 0 Å². The maximum Gasteiger partial charge on any atom is 0.419 e. The first-order valence-corrected chi connectivity index (χ1v) is 4.52. The fourth-order valence-electron chi connectivity index (χ4n) is 1.14. The van der Waals surface area contributed by atoms with Crippen LogP contribution in [0.5, 0.6) is 5.06 Å². The maximum atomic E-state index is 12.3. The van der Waals surface area contributed by atoms with Crippen LogP contribution in [-0.2, 0) is 6.18 Å². The van der Waals surface area contributed by atoms with Gasteiger partial charge in [-0.25, -0.2) is 0 Å². The van der Waals surface area contributed by atoms with E-state index in [0.29, 0.717) is 18.2 Å². The zero-order chi connectivity index (χ0) is 9.47. The van der Waals surface area contributed by atoms with Crippen molar-refractivity contribution in [2.45, 2.75) is 6.18 Å². The van der Waals surface area contributed by atoms with Crippen molar-refractivity contribution in [3.05, 3.63) is 10.9 Å². The van der Waals surface area contributed by atoms with Crippen LogP contribution in [0.3, 0.4) is 0 Å². The largest absolute Gasteiger partial charge is 0.481 e. The minimum Gasteiger partial charge on any atom is -0.481 e. The van der Waals surface area contributed by atoms with E-state index < -0.39 is 11.7 Å². The van der Waals surface area contributed by atoms with Gasteiger partial charge in [0.25, 0.3) is 0 Å². The van der Waals surface area contributed by atoms with Crippen molar-refractivity contribution >= 4 is 17.0 Å². The number of fused-ring (bicyclic) bond motifs is 1. The maximum absolute atomic E-state index is 12.3. The summed E-state index contributed by atoms with van der Waals surface area (Å²) in [6.45, 7) is 0.845. The highest BCUT2D eigenvalue weighted by atomic mass is 32.1. The first-order chi connectivity index (χ1) is 6.09. The van der Waals surface area contributed by atoms with Crippen molar-refractivity contribution in [1.29, 1.82) is 0 Å². The highest BCUT2D eigenvalue weighted by Crippen LogP contribution is 2.45. The van der Waals surface area contributed by atoms with E-state index in [1.54, 1.807) is 0 Å². The molecule has 0 fully saturated rings. The number of hydrogen-bond acceptors (Lipinski definition) is 3. The van der Waals surface area contributed by atoms with Crippen LogP contribution in [0.25, 0.3) is 0 Å². The Hall–Kier alpha value is -0.910. The standard InChI is InChI=1S/C7H6F3NOS/c8-7(9,10)4-3-13-6-5(4)11-1-2-12-6/h3,11H,1-2H2. The average molecular weight is 209 g/mol. The van der Waals surface area contributed by atoms with Gasteiger partial charge in [-0.15, -0.1) is 11.3 Å². The van der Waals surface area contributed by atoms with Crippen LogP contribution in [0.15, 0.2) is 5.38 Å². The van der Waals surface area contributed by atoms with Gasteiger partial charge >= 0.3 is 6.18 Å². The SMILES string of the molecule is FC(F)(F)c1csc2c1NCCO2. The molecule has 1 N–H and O–H groups in total. The molecule has 6 heteroatoms. The zero-order valence-corrected chi connectivity index (χ0v) is 7.26. The van der Waals surface area contributed by atoms with E-state index in [1.165, 1.54) is 0 Å². The summed E-state index contributed by atoms with van der Waals surface area (Å²) in [5.41, 5.74) is -0.545. The van der Waals surface area contributed by atoms with Gasteiger partial charge in [-0.1, -0.05) is 0 Å². The van der Waals surface area contributed by atoms with E-state index >= 15 is 0 Å². The van der Waals surface area contributed by atoms with E-state index in [0.717, 1.165) is 16.7 Å². The molecule has 0 bridgehead atoms. The lowest BCUT2D eigenvalue weighted by atomic mass is 10.2. The van der Waals surface area contributed by atoms with Gasteiger partial charge in [-0.3, -0.25) is 0 Å². The topological polar surface area (TPSA) is 21.3 Å². The Bertz CT molecular complexity index is 320. The number of rotatable bonds is 0. The monoisotopic (exact) mass is 209 g/mol. The van der Waals surface area contributed by atoms with Crippen molar-refractivity contribution in [3.63, 3.8) is 0 Å². The summed E-state index contributed by atoms with van der Waals surface area (Å²) < 4.78 is 42.0. The second-order valence-electron chi connectivity index (χ2n) is 2.58. The van der Waals surface area contributed by atoms with Crippen LogP contribution in [0.1, 0.15) is 5.56 Å². The second kappa shape index (κ2) is 2.80. The minimum atomic E-state index is -4.29. The smallest absolute Gasteiger partial charge is 0.419 e. The highest BCUT2D eigenvalue weighted by molar-refractivity contribution is 7.12. The predicted molar refractivity (Wildman–Crippen MR) is 43.3 cm³/mol. The Morgan fingerprint density at radius 1 is 1.46 bits per heavy atom. The third-order valence-corrected chi connectivity index (χ3v) is 2.59. The number of thiophene rings is 1. The molecule has 0 unspecified atom stereocenters. The van der Waals surface area contributed by atoms with Crippen LogP contribution in [0.4, 0.5) is 18.9 Å². The Kier molecular flexibility index (Phi) is 1.87. The zero-order valence-electron chi connectivity index (χ0n) is 6.44. The Morgan fingerprint density at radius 3 is 2.92 bits per heavy atom. The molecule has 0 aliphatic carbocycles. The van der Waals surface area contributed by atoms with Crippen LogP contribution in [0, 0.1) is 0 Å². The molecule has 72 valence electrons. The molecule has 2 rings (SSSR count). The predicted octanol–water partition coefficient (Wildman–Crippen LogP) is 2.57. The lowest BCUT2D eigenvalue weighted by Gasteiger charge is -2.17. The van der Waals surface area contributed by atoms with Crippen LogP contribution in [0.2, 0.25) is 0 Å². The summed E-state index contributed by atoms with van der Waals surface area (Å²) in [5, 5.41) is 4.09. The molecule has 0 spiro atoms. The molecule has 2 heterocycles. The fraction of sp³-hybridized carbons (Fsp3) is 0.429.